The minimum atomic E-state index is -0.994. The second kappa shape index (κ2) is 6.51. The zero-order valence-electron chi connectivity index (χ0n) is 14.0. The van der Waals surface area contributed by atoms with Gasteiger partial charge < -0.3 is 5.32 Å². The SMILES string of the molecule is Cn1nc(CC(=O)Nc2nc3cc(F)c(F)cc3s2)c2ccccc2c1=O. The van der Waals surface area contributed by atoms with Crippen molar-refractivity contribution in [3.63, 3.8) is 0 Å². The van der Waals surface area contributed by atoms with Crippen molar-refractivity contribution in [2.24, 2.45) is 7.05 Å². The Morgan fingerprint density at radius 2 is 1.89 bits per heavy atom. The number of benzene rings is 2. The van der Waals surface area contributed by atoms with Gasteiger partial charge in [-0.1, -0.05) is 29.5 Å². The Kier molecular flexibility index (Phi) is 4.15. The number of carbonyl (C=O) groups excluding carboxylic acids is 1. The molecule has 0 saturated heterocycles. The van der Waals surface area contributed by atoms with Crippen molar-refractivity contribution >= 4 is 43.4 Å². The predicted octanol–water partition coefficient (Wildman–Crippen LogP) is 3.00. The molecule has 2 heterocycles. The number of rotatable bonds is 3. The molecule has 0 spiro atoms. The van der Waals surface area contributed by atoms with E-state index in [1.165, 1.54) is 11.7 Å². The number of thiazole rings is 1. The normalized spacial score (nSPS) is 11.2. The van der Waals surface area contributed by atoms with E-state index >= 15 is 0 Å². The molecule has 0 aliphatic heterocycles. The maximum absolute atomic E-state index is 13.3. The van der Waals surface area contributed by atoms with Crippen LogP contribution in [0.15, 0.2) is 41.2 Å². The molecular weight excluding hydrogens is 374 g/mol. The van der Waals surface area contributed by atoms with E-state index in [4.69, 9.17) is 0 Å². The summed E-state index contributed by atoms with van der Waals surface area (Å²) in [5, 5.41) is 8.10. The first kappa shape index (κ1) is 17.2. The molecule has 0 atom stereocenters. The first-order valence-corrected chi connectivity index (χ1v) is 8.74. The smallest absolute Gasteiger partial charge is 0.274 e. The molecule has 9 heteroatoms. The van der Waals surface area contributed by atoms with Crippen LogP contribution in [0.3, 0.4) is 0 Å². The summed E-state index contributed by atoms with van der Waals surface area (Å²) >= 11 is 1.04. The van der Waals surface area contributed by atoms with Crippen LogP contribution >= 0.6 is 11.3 Å². The Morgan fingerprint density at radius 1 is 1.19 bits per heavy atom. The minimum absolute atomic E-state index is 0.0761. The number of aromatic nitrogens is 3. The van der Waals surface area contributed by atoms with E-state index < -0.39 is 17.5 Å². The van der Waals surface area contributed by atoms with Gasteiger partial charge in [0.1, 0.15) is 0 Å². The molecule has 0 fully saturated rings. The van der Waals surface area contributed by atoms with Gasteiger partial charge in [-0.05, 0) is 12.1 Å². The van der Waals surface area contributed by atoms with Crippen LogP contribution < -0.4 is 10.9 Å². The predicted molar refractivity (Wildman–Crippen MR) is 98.9 cm³/mol. The van der Waals surface area contributed by atoms with Crippen molar-refractivity contribution in [1.82, 2.24) is 14.8 Å². The van der Waals surface area contributed by atoms with E-state index in [9.17, 15) is 18.4 Å². The highest BCUT2D eigenvalue weighted by Crippen LogP contribution is 2.28. The van der Waals surface area contributed by atoms with Gasteiger partial charge in [0.15, 0.2) is 16.8 Å². The molecule has 0 aliphatic rings. The van der Waals surface area contributed by atoms with Crippen LogP contribution in [0.2, 0.25) is 0 Å². The molecule has 1 N–H and O–H groups in total. The summed E-state index contributed by atoms with van der Waals surface area (Å²) in [6.45, 7) is 0. The van der Waals surface area contributed by atoms with Gasteiger partial charge in [-0.2, -0.15) is 5.10 Å². The standard InChI is InChI=1S/C18H12F2N4O2S/c1-24-17(26)10-5-3-2-4-9(10)13(23-24)8-16(25)22-18-21-14-6-11(19)12(20)7-15(14)27-18/h2-7H,8H2,1H3,(H,21,22,25). The number of amides is 1. The number of nitrogens with zero attached hydrogens (tertiary/aromatic N) is 3. The van der Waals surface area contributed by atoms with Crippen LogP contribution in [-0.4, -0.2) is 20.7 Å². The number of carbonyl (C=O) groups is 1. The van der Waals surface area contributed by atoms with Gasteiger partial charge in [0.25, 0.3) is 5.56 Å². The fourth-order valence-corrected chi connectivity index (χ4v) is 3.69. The van der Waals surface area contributed by atoms with E-state index in [-0.39, 0.29) is 22.6 Å². The number of anilines is 1. The lowest BCUT2D eigenvalue weighted by Crippen LogP contribution is -2.24. The summed E-state index contributed by atoms with van der Waals surface area (Å²) in [5.74, 6) is -2.36. The topological polar surface area (TPSA) is 76.9 Å². The van der Waals surface area contributed by atoms with E-state index in [0.717, 1.165) is 23.5 Å². The van der Waals surface area contributed by atoms with Crippen LogP contribution in [0.4, 0.5) is 13.9 Å². The molecule has 0 saturated carbocycles. The number of fused-ring (bicyclic) bond motifs is 2. The first-order chi connectivity index (χ1) is 12.9. The van der Waals surface area contributed by atoms with E-state index in [0.29, 0.717) is 21.2 Å². The lowest BCUT2D eigenvalue weighted by atomic mass is 10.1. The van der Waals surface area contributed by atoms with Gasteiger partial charge in [-0.25, -0.2) is 18.4 Å². The largest absolute Gasteiger partial charge is 0.302 e. The van der Waals surface area contributed by atoms with Crippen molar-refractivity contribution in [3.8, 4) is 0 Å². The fraction of sp³-hybridized carbons (Fsp3) is 0.111. The molecule has 136 valence electrons. The van der Waals surface area contributed by atoms with E-state index in [1.54, 1.807) is 24.3 Å². The molecule has 6 nitrogen and oxygen atoms in total. The van der Waals surface area contributed by atoms with Gasteiger partial charge in [-0.3, -0.25) is 9.59 Å². The van der Waals surface area contributed by atoms with Crippen LogP contribution in [0, 0.1) is 11.6 Å². The summed E-state index contributed by atoms with van der Waals surface area (Å²) in [5.41, 5.74) is 0.466. The highest BCUT2D eigenvalue weighted by molar-refractivity contribution is 7.22. The quantitative estimate of drug-likeness (QED) is 0.587. The van der Waals surface area contributed by atoms with E-state index in [2.05, 4.69) is 15.4 Å². The summed E-state index contributed by atoms with van der Waals surface area (Å²) in [6, 6.07) is 8.94. The molecule has 2 aromatic carbocycles. The van der Waals surface area contributed by atoms with Crippen molar-refractivity contribution in [3.05, 3.63) is 64.1 Å². The van der Waals surface area contributed by atoms with Gasteiger partial charge in [0.05, 0.1) is 27.7 Å². The van der Waals surface area contributed by atoms with Gasteiger partial charge >= 0.3 is 0 Å². The van der Waals surface area contributed by atoms with Crippen LogP contribution in [0.1, 0.15) is 5.69 Å². The molecule has 0 radical (unpaired) electrons. The van der Waals surface area contributed by atoms with Crippen molar-refractivity contribution in [2.75, 3.05) is 5.32 Å². The molecular formula is C18H12F2N4O2S. The average molecular weight is 386 g/mol. The summed E-state index contributed by atoms with van der Waals surface area (Å²) in [4.78, 5) is 28.6. The van der Waals surface area contributed by atoms with Gasteiger partial charge in [-0.15, -0.1) is 0 Å². The first-order valence-electron chi connectivity index (χ1n) is 7.93. The van der Waals surface area contributed by atoms with Crippen molar-refractivity contribution in [2.45, 2.75) is 6.42 Å². The summed E-state index contributed by atoms with van der Waals surface area (Å²) in [7, 11) is 1.52. The maximum Gasteiger partial charge on any atom is 0.274 e. The highest BCUT2D eigenvalue weighted by atomic mass is 32.1. The number of aryl methyl sites for hydroxylation is 1. The third kappa shape index (κ3) is 3.17. The summed E-state index contributed by atoms with van der Waals surface area (Å²) < 4.78 is 28.2. The second-order valence-corrected chi connectivity index (χ2v) is 6.93. The highest BCUT2D eigenvalue weighted by Gasteiger charge is 2.15. The zero-order chi connectivity index (χ0) is 19.1. The van der Waals surface area contributed by atoms with Crippen molar-refractivity contribution in [1.29, 1.82) is 0 Å². The van der Waals surface area contributed by atoms with Gasteiger partial charge in [0.2, 0.25) is 5.91 Å². The Morgan fingerprint density at radius 3 is 2.67 bits per heavy atom. The Labute approximate surface area is 155 Å². The number of halogens is 2. The number of nitrogens with one attached hydrogen (secondary N) is 1. The molecule has 0 aliphatic carbocycles. The monoisotopic (exact) mass is 386 g/mol. The molecule has 0 bridgehead atoms. The molecule has 0 unspecified atom stereocenters. The second-order valence-electron chi connectivity index (χ2n) is 5.90. The fourth-order valence-electron chi connectivity index (χ4n) is 2.80. The lowest BCUT2D eigenvalue weighted by Gasteiger charge is -2.07. The maximum atomic E-state index is 13.3. The molecule has 4 rings (SSSR count). The van der Waals surface area contributed by atoms with Crippen LogP contribution in [-0.2, 0) is 18.3 Å². The van der Waals surface area contributed by atoms with Gasteiger partial charge in [0, 0.05) is 18.5 Å². The third-order valence-corrected chi connectivity index (χ3v) is 4.97. The van der Waals surface area contributed by atoms with Crippen LogP contribution in [0.5, 0.6) is 0 Å². The summed E-state index contributed by atoms with van der Waals surface area (Å²) in [6.07, 6.45) is -0.0761. The Balaban J connectivity index is 1.63. The third-order valence-electron chi connectivity index (χ3n) is 4.04. The minimum Gasteiger partial charge on any atom is -0.302 e. The molecule has 2 aromatic heterocycles. The average Bonchev–Trinajstić information content (AvgIpc) is 3.00. The zero-order valence-corrected chi connectivity index (χ0v) is 14.8. The number of hydrogen-bond acceptors (Lipinski definition) is 5. The van der Waals surface area contributed by atoms with Crippen LogP contribution in [0.25, 0.3) is 21.0 Å². The number of hydrogen-bond donors (Lipinski definition) is 1. The van der Waals surface area contributed by atoms with E-state index in [1.807, 2.05) is 0 Å². The molecule has 4 aromatic rings. The molecule has 1 amide bonds. The van der Waals surface area contributed by atoms with Crippen molar-refractivity contribution < 1.29 is 13.6 Å². The lowest BCUT2D eigenvalue weighted by molar-refractivity contribution is -0.115. The Bertz CT molecular complexity index is 1230. The Hall–Kier alpha value is -3.20. The molecule has 27 heavy (non-hydrogen) atoms.